The Morgan fingerprint density at radius 3 is 2.96 bits per heavy atom. The summed E-state index contributed by atoms with van der Waals surface area (Å²) in [6.45, 7) is 0.928. The number of amidine groups is 1. The Kier molecular flexibility index (Phi) is 5.86. The minimum absolute atomic E-state index is 0.0210. The molecule has 0 atom stereocenters. The van der Waals surface area contributed by atoms with Crippen molar-refractivity contribution in [2.24, 2.45) is 5.16 Å². The van der Waals surface area contributed by atoms with Gasteiger partial charge in [-0.25, -0.2) is 9.02 Å². The van der Waals surface area contributed by atoms with Crippen molar-refractivity contribution in [1.82, 2.24) is 15.6 Å². The van der Waals surface area contributed by atoms with Crippen LogP contribution in [0.4, 0.5) is 15.9 Å². The van der Waals surface area contributed by atoms with E-state index in [-0.39, 0.29) is 21.8 Å². The van der Waals surface area contributed by atoms with Gasteiger partial charge >= 0.3 is 0 Å². The monoisotopic (exact) mass is 385 g/mol. The zero-order chi connectivity index (χ0) is 16.7. The van der Waals surface area contributed by atoms with Crippen LogP contribution in [0.15, 0.2) is 32.5 Å². The third kappa shape index (κ3) is 4.39. The first-order chi connectivity index (χ1) is 11.2. The number of benzene rings is 1. The Labute approximate surface area is 138 Å². The van der Waals surface area contributed by atoms with Crippen molar-refractivity contribution in [3.05, 3.63) is 34.2 Å². The maximum absolute atomic E-state index is 13.2. The molecule has 0 unspecified atom stereocenters. The van der Waals surface area contributed by atoms with E-state index in [9.17, 15) is 9.60 Å². The maximum Gasteiger partial charge on any atom is 0.203 e. The van der Waals surface area contributed by atoms with Gasteiger partial charge in [0.2, 0.25) is 11.7 Å². The van der Waals surface area contributed by atoms with Crippen molar-refractivity contribution in [2.75, 3.05) is 23.7 Å². The molecule has 5 N–H and O–H groups in total. The van der Waals surface area contributed by atoms with Gasteiger partial charge in [0, 0.05) is 18.8 Å². The van der Waals surface area contributed by atoms with E-state index in [4.69, 9.17) is 5.41 Å². The third-order valence-corrected chi connectivity index (χ3v) is 3.27. The molecule has 0 fully saturated rings. The van der Waals surface area contributed by atoms with Gasteiger partial charge in [0.15, 0.2) is 5.69 Å². The minimum Gasteiger partial charge on any atom is -0.409 e. The summed E-state index contributed by atoms with van der Waals surface area (Å²) in [4.78, 5) is 0. The fraction of sp³-hybridized carbons (Fsp3) is 0.167. The zero-order valence-electron chi connectivity index (χ0n) is 11.7. The Balaban J connectivity index is 2.10. The van der Waals surface area contributed by atoms with E-state index in [2.05, 4.69) is 52.0 Å². The maximum atomic E-state index is 13.2. The van der Waals surface area contributed by atoms with Crippen LogP contribution in [-0.4, -0.2) is 40.8 Å². The summed E-state index contributed by atoms with van der Waals surface area (Å²) in [5.74, 6) is -0.173. The second kappa shape index (κ2) is 8.08. The smallest absolute Gasteiger partial charge is 0.203 e. The van der Waals surface area contributed by atoms with Gasteiger partial charge < -0.3 is 21.2 Å². The van der Waals surface area contributed by atoms with Crippen molar-refractivity contribution in [1.29, 1.82) is 5.41 Å². The molecule has 0 aliphatic rings. The highest BCUT2D eigenvalue weighted by Crippen LogP contribution is 2.21. The number of aromatic nitrogens is 2. The van der Waals surface area contributed by atoms with Crippen LogP contribution in [0.3, 0.4) is 0 Å². The van der Waals surface area contributed by atoms with Crippen LogP contribution in [0.2, 0.25) is 0 Å². The standard InChI is InChI=1S/C12H13BrFN7O2/c13-8-5-7(1-2-9(8)14)18-12(19-22)10-11(21-23-20-10)17-4-3-16-6-15/h1-2,5-6,22H,3-4H2,(H2,15,16)(H,17,21)(H,18,19). The van der Waals surface area contributed by atoms with Gasteiger partial charge in [-0.3, -0.25) is 5.41 Å². The molecule has 0 radical (unpaired) electrons. The largest absolute Gasteiger partial charge is 0.409 e. The minimum atomic E-state index is -0.415. The van der Waals surface area contributed by atoms with Crippen LogP contribution in [0, 0.1) is 11.2 Å². The van der Waals surface area contributed by atoms with Gasteiger partial charge in [-0.05, 0) is 44.4 Å². The van der Waals surface area contributed by atoms with Crippen LogP contribution in [0.5, 0.6) is 0 Å². The van der Waals surface area contributed by atoms with Gasteiger partial charge in [0.1, 0.15) is 5.82 Å². The number of nitrogens with one attached hydrogen (secondary N) is 4. The summed E-state index contributed by atoms with van der Waals surface area (Å²) in [6.07, 6.45) is 1.07. The molecule has 0 saturated heterocycles. The molecule has 0 spiro atoms. The highest BCUT2D eigenvalue weighted by molar-refractivity contribution is 9.10. The molecule has 0 bridgehead atoms. The van der Waals surface area contributed by atoms with E-state index in [0.717, 1.165) is 6.34 Å². The van der Waals surface area contributed by atoms with E-state index in [1.54, 1.807) is 0 Å². The van der Waals surface area contributed by atoms with E-state index < -0.39 is 5.82 Å². The quantitative estimate of drug-likeness (QED) is 0.161. The molecule has 0 aliphatic carbocycles. The van der Waals surface area contributed by atoms with Gasteiger partial charge in [-0.15, -0.1) is 0 Å². The van der Waals surface area contributed by atoms with Gasteiger partial charge in [0.05, 0.1) is 10.8 Å². The second-order valence-electron chi connectivity index (χ2n) is 4.19. The molecule has 11 heteroatoms. The van der Waals surface area contributed by atoms with Crippen LogP contribution in [-0.2, 0) is 0 Å². The lowest BCUT2D eigenvalue weighted by Gasteiger charge is -2.08. The molecule has 23 heavy (non-hydrogen) atoms. The summed E-state index contributed by atoms with van der Waals surface area (Å²) in [7, 11) is 0. The molecule has 1 aromatic heterocycles. The molecule has 9 nitrogen and oxygen atoms in total. The first-order valence-corrected chi connectivity index (χ1v) is 7.18. The molecule has 0 saturated carbocycles. The molecule has 2 rings (SSSR count). The number of oxime groups is 1. The normalized spacial score (nSPS) is 11.1. The second-order valence-corrected chi connectivity index (χ2v) is 5.04. The Bertz CT molecular complexity index is 706. The first-order valence-electron chi connectivity index (χ1n) is 6.39. The predicted molar refractivity (Wildman–Crippen MR) is 85.6 cm³/mol. The number of hydrogen-bond donors (Lipinski definition) is 5. The third-order valence-electron chi connectivity index (χ3n) is 2.66. The fourth-order valence-electron chi connectivity index (χ4n) is 1.63. The lowest BCUT2D eigenvalue weighted by atomic mass is 10.3. The lowest BCUT2D eigenvalue weighted by Crippen LogP contribution is -2.22. The summed E-state index contributed by atoms with van der Waals surface area (Å²) in [6, 6.07) is 4.21. The van der Waals surface area contributed by atoms with E-state index in [1.165, 1.54) is 18.2 Å². The van der Waals surface area contributed by atoms with Crippen molar-refractivity contribution in [3.8, 4) is 0 Å². The molecule has 0 amide bonds. The first kappa shape index (κ1) is 16.7. The van der Waals surface area contributed by atoms with Gasteiger partial charge in [0.25, 0.3) is 0 Å². The van der Waals surface area contributed by atoms with Crippen LogP contribution in [0.1, 0.15) is 5.69 Å². The van der Waals surface area contributed by atoms with E-state index in [1.807, 2.05) is 0 Å². The molecule has 1 heterocycles. The molecule has 2 aromatic rings. The summed E-state index contributed by atoms with van der Waals surface area (Å²) >= 11 is 3.07. The number of halogens is 2. The van der Waals surface area contributed by atoms with Crippen molar-refractivity contribution in [3.63, 3.8) is 0 Å². The van der Waals surface area contributed by atoms with Crippen molar-refractivity contribution in [2.45, 2.75) is 0 Å². The number of nitrogens with zero attached hydrogens (tertiary/aromatic N) is 3. The van der Waals surface area contributed by atoms with Gasteiger partial charge in [-0.1, -0.05) is 5.16 Å². The molecular weight excluding hydrogens is 373 g/mol. The van der Waals surface area contributed by atoms with Crippen LogP contribution >= 0.6 is 15.9 Å². The topological polar surface area (TPSA) is 131 Å². The predicted octanol–water partition coefficient (Wildman–Crippen LogP) is 1.83. The number of rotatable bonds is 7. The Morgan fingerprint density at radius 1 is 1.43 bits per heavy atom. The molecular formula is C12H13BrFN7O2. The van der Waals surface area contributed by atoms with Crippen molar-refractivity contribution < 1.29 is 14.2 Å². The summed E-state index contributed by atoms with van der Waals surface area (Å²) in [5.41, 5.74) is 0.633. The van der Waals surface area contributed by atoms with E-state index in [0.29, 0.717) is 18.8 Å². The summed E-state index contributed by atoms with van der Waals surface area (Å²) in [5, 5.41) is 34.9. The number of anilines is 2. The Hall–Kier alpha value is -2.69. The molecule has 0 aliphatic heterocycles. The molecule has 122 valence electrons. The average molecular weight is 386 g/mol. The van der Waals surface area contributed by atoms with Crippen LogP contribution in [0.25, 0.3) is 0 Å². The van der Waals surface area contributed by atoms with E-state index >= 15 is 0 Å². The fourth-order valence-corrected chi connectivity index (χ4v) is 2.01. The molecule has 1 aromatic carbocycles. The SMILES string of the molecule is N=CNCCNc1nonc1/C(=N/O)Nc1ccc(F)c(Br)c1. The van der Waals surface area contributed by atoms with Gasteiger partial charge in [-0.2, -0.15) is 0 Å². The van der Waals surface area contributed by atoms with Crippen LogP contribution < -0.4 is 16.0 Å². The Morgan fingerprint density at radius 2 is 2.26 bits per heavy atom. The number of hydrogen-bond acceptors (Lipinski definition) is 7. The highest BCUT2D eigenvalue weighted by atomic mass is 79.9. The van der Waals surface area contributed by atoms with Crippen molar-refractivity contribution >= 4 is 39.6 Å². The highest BCUT2D eigenvalue weighted by Gasteiger charge is 2.17. The lowest BCUT2D eigenvalue weighted by molar-refractivity contribution is 0.305. The zero-order valence-corrected chi connectivity index (χ0v) is 13.3. The summed E-state index contributed by atoms with van der Waals surface area (Å²) < 4.78 is 18.1. The average Bonchev–Trinajstić information content (AvgIpc) is 3.01.